The topological polar surface area (TPSA) is 40.5 Å². The maximum atomic E-state index is 8.55. The van der Waals surface area contributed by atoms with E-state index in [9.17, 15) is 0 Å². The van der Waals surface area contributed by atoms with E-state index in [2.05, 4.69) is 13.2 Å². The Morgan fingerprint density at radius 2 is 1.90 bits per heavy atom. The highest BCUT2D eigenvalue weighted by molar-refractivity contribution is 4.85. The standard InChI is InChI=1S/C8H14O2/c1-3-5-7(4-2)6-8(9)10/h3-4,7-10H,1-2,5-6H2. The van der Waals surface area contributed by atoms with Crippen LogP contribution in [0.3, 0.4) is 0 Å². The molecule has 1 unspecified atom stereocenters. The fourth-order valence-corrected chi connectivity index (χ4v) is 0.774. The second-order valence-electron chi connectivity index (χ2n) is 2.24. The second-order valence-corrected chi connectivity index (χ2v) is 2.24. The highest BCUT2D eigenvalue weighted by Gasteiger charge is 2.05. The predicted octanol–water partition coefficient (Wildman–Crippen LogP) is 1.07. The van der Waals surface area contributed by atoms with Crippen LogP contribution in [-0.4, -0.2) is 16.5 Å². The van der Waals surface area contributed by atoms with Crippen LogP contribution in [0.5, 0.6) is 0 Å². The van der Waals surface area contributed by atoms with Gasteiger partial charge in [0, 0.05) is 6.42 Å². The largest absolute Gasteiger partial charge is 0.368 e. The van der Waals surface area contributed by atoms with Gasteiger partial charge in [0.1, 0.15) is 0 Å². The van der Waals surface area contributed by atoms with Gasteiger partial charge >= 0.3 is 0 Å². The minimum atomic E-state index is -1.23. The van der Waals surface area contributed by atoms with Crippen molar-refractivity contribution >= 4 is 0 Å². The van der Waals surface area contributed by atoms with E-state index < -0.39 is 6.29 Å². The third kappa shape index (κ3) is 4.30. The molecule has 0 radical (unpaired) electrons. The molecule has 0 aliphatic rings. The molecule has 0 aromatic heterocycles. The van der Waals surface area contributed by atoms with Gasteiger partial charge in [0.2, 0.25) is 0 Å². The molecule has 0 amide bonds. The summed E-state index contributed by atoms with van der Waals surface area (Å²) in [4.78, 5) is 0. The minimum Gasteiger partial charge on any atom is -0.368 e. The van der Waals surface area contributed by atoms with E-state index in [4.69, 9.17) is 10.2 Å². The van der Waals surface area contributed by atoms with Crippen molar-refractivity contribution in [2.75, 3.05) is 0 Å². The Kier molecular flexibility index (Phi) is 4.89. The van der Waals surface area contributed by atoms with Gasteiger partial charge in [0.15, 0.2) is 6.29 Å². The number of hydrogen-bond donors (Lipinski definition) is 2. The van der Waals surface area contributed by atoms with Gasteiger partial charge in [-0.25, -0.2) is 0 Å². The fraction of sp³-hybridized carbons (Fsp3) is 0.500. The lowest BCUT2D eigenvalue weighted by atomic mass is 10.0. The lowest BCUT2D eigenvalue weighted by Gasteiger charge is -2.10. The van der Waals surface area contributed by atoms with Gasteiger partial charge in [0.05, 0.1) is 0 Å². The van der Waals surface area contributed by atoms with Gasteiger partial charge in [-0.15, -0.1) is 13.2 Å². The minimum absolute atomic E-state index is 0.137. The summed E-state index contributed by atoms with van der Waals surface area (Å²) < 4.78 is 0. The Balaban J connectivity index is 3.59. The summed E-state index contributed by atoms with van der Waals surface area (Å²) in [6, 6.07) is 0. The molecule has 58 valence electrons. The van der Waals surface area contributed by atoms with Gasteiger partial charge in [-0.3, -0.25) is 0 Å². The zero-order chi connectivity index (χ0) is 7.98. The molecule has 10 heavy (non-hydrogen) atoms. The summed E-state index contributed by atoms with van der Waals surface area (Å²) >= 11 is 0. The summed E-state index contributed by atoms with van der Waals surface area (Å²) in [5, 5.41) is 17.1. The number of hydrogen-bond acceptors (Lipinski definition) is 2. The van der Waals surface area contributed by atoms with Gasteiger partial charge in [0.25, 0.3) is 0 Å². The maximum Gasteiger partial charge on any atom is 0.152 e. The molecule has 0 fully saturated rings. The van der Waals surface area contributed by atoms with Crippen molar-refractivity contribution < 1.29 is 10.2 Å². The molecular formula is C8H14O2. The van der Waals surface area contributed by atoms with Crippen molar-refractivity contribution in [2.45, 2.75) is 19.1 Å². The normalized spacial score (nSPS) is 13.1. The molecule has 0 aromatic carbocycles. The van der Waals surface area contributed by atoms with Crippen LogP contribution in [0.15, 0.2) is 25.3 Å². The van der Waals surface area contributed by atoms with E-state index >= 15 is 0 Å². The van der Waals surface area contributed by atoms with Crippen LogP contribution < -0.4 is 0 Å². The van der Waals surface area contributed by atoms with Crippen molar-refractivity contribution in [1.29, 1.82) is 0 Å². The van der Waals surface area contributed by atoms with Crippen LogP contribution in [0.1, 0.15) is 12.8 Å². The quantitative estimate of drug-likeness (QED) is 0.445. The van der Waals surface area contributed by atoms with Crippen molar-refractivity contribution in [3.8, 4) is 0 Å². The zero-order valence-electron chi connectivity index (χ0n) is 6.03. The first-order valence-corrected chi connectivity index (χ1v) is 3.30. The summed E-state index contributed by atoms with van der Waals surface area (Å²) in [7, 11) is 0. The van der Waals surface area contributed by atoms with Crippen molar-refractivity contribution in [3.05, 3.63) is 25.3 Å². The number of rotatable bonds is 5. The number of aliphatic hydroxyl groups is 2. The lowest BCUT2D eigenvalue weighted by Crippen LogP contribution is -2.10. The highest BCUT2D eigenvalue weighted by atomic mass is 16.5. The Hall–Kier alpha value is -0.600. The Labute approximate surface area is 61.5 Å². The van der Waals surface area contributed by atoms with Crippen molar-refractivity contribution in [1.82, 2.24) is 0 Å². The summed E-state index contributed by atoms with van der Waals surface area (Å²) in [6.45, 7) is 7.11. The van der Waals surface area contributed by atoms with Gasteiger partial charge in [-0.05, 0) is 12.3 Å². The van der Waals surface area contributed by atoms with Crippen molar-refractivity contribution in [3.63, 3.8) is 0 Å². The molecule has 0 heterocycles. The first-order chi connectivity index (χ1) is 4.70. The van der Waals surface area contributed by atoms with Crippen LogP contribution in [0.25, 0.3) is 0 Å². The highest BCUT2D eigenvalue weighted by Crippen LogP contribution is 2.11. The number of aliphatic hydroxyl groups excluding tert-OH is 1. The van der Waals surface area contributed by atoms with E-state index in [0.29, 0.717) is 6.42 Å². The molecule has 0 saturated heterocycles. The molecule has 2 nitrogen and oxygen atoms in total. The van der Waals surface area contributed by atoms with E-state index in [-0.39, 0.29) is 5.92 Å². The Morgan fingerprint density at radius 3 is 2.20 bits per heavy atom. The van der Waals surface area contributed by atoms with Crippen LogP contribution >= 0.6 is 0 Å². The molecule has 2 N–H and O–H groups in total. The van der Waals surface area contributed by atoms with Crippen LogP contribution in [0, 0.1) is 5.92 Å². The van der Waals surface area contributed by atoms with Gasteiger partial charge < -0.3 is 10.2 Å². The van der Waals surface area contributed by atoms with Crippen molar-refractivity contribution in [2.24, 2.45) is 5.92 Å². The molecule has 0 rings (SSSR count). The summed E-state index contributed by atoms with van der Waals surface area (Å²) in [5.74, 6) is 0.137. The molecule has 0 aliphatic carbocycles. The number of allylic oxidation sites excluding steroid dienone is 2. The molecule has 0 bridgehead atoms. The molecule has 0 saturated carbocycles. The lowest BCUT2D eigenvalue weighted by molar-refractivity contribution is -0.0520. The average Bonchev–Trinajstić information content (AvgIpc) is 1.86. The molecule has 2 heteroatoms. The molecule has 0 aliphatic heterocycles. The summed E-state index contributed by atoms with van der Waals surface area (Å²) in [6.07, 6.45) is 3.31. The Bertz CT molecular complexity index is 108. The fourth-order valence-electron chi connectivity index (χ4n) is 0.774. The second kappa shape index (κ2) is 5.21. The molecule has 1 atom stereocenters. The third-order valence-corrected chi connectivity index (χ3v) is 1.32. The molecular weight excluding hydrogens is 128 g/mol. The van der Waals surface area contributed by atoms with E-state index in [0.717, 1.165) is 6.42 Å². The van der Waals surface area contributed by atoms with Crippen LogP contribution in [-0.2, 0) is 0 Å². The smallest absolute Gasteiger partial charge is 0.152 e. The molecule has 0 aromatic rings. The monoisotopic (exact) mass is 142 g/mol. The van der Waals surface area contributed by atoms with Gasteiger partial charge in [-0.2, -0.15) is 0 Å². The van der Waals surface area contributed by atoms with E-state index in [1.807, 2.05) is 0 Å². The Morgan fingerprint density at radius 1 is 1.30 bits per heavy atom. The predicted molar refractivity (Wildman–Crippen MR) is 41.3 cm³/mol. The van der Waals surface area contributed by atoms with E-state index in [1.165, 1.54) is 0 Å². The summed E-state index contributed by atoms with van der Waals surface area (Å²) in [5.41, 5.74) is 0. The maximum absolute atomic E-state index is 8.55. The first-order valence-electron chi connectivity index (χ1n) is 3.30. The van der Waals surface area contributed by atoms with E-state index in [1.54, 1.807) is 12.2 Å². The van der Waals surface area contributed by atoms with Crippen LogP contribution in [0.2, 0.25) is 0 Å². The average molecular weight is 142 g/mol. The zero-order valence-corrected chi connectivity index (χ0v) is 6.03. The van der Waals surface area contributed by atoms with Gasteiger partial charge in [-0.1, -0.05) is 12.2 Å². The molecule has 0 spiro atoms. The van der Waals surface area contributed by atoms with Crippen LogP contribution in [0.4, 0.5) is 0 Å². The first kappa shape index (κ1) is 9.40. The SMILES string of the molecule is C=CCC(C=C)CC(O)O. The third-order valence-electron chi connectivity index (χ3n) is 1.32.